The van der Waals surface area contributed by atoms with Gasteiger partial charge in [-0.15, -0.1) is 0 Å². The van der Waals surface area contributed by atoms with E-state index in [0.29, 0.717) is 5.82 Å². The van der Waals surface area contributed by atoms with Crippen molar-refractivity contribution in [3.05, 3.63) is 187 Å². The molecule has 3 heteroatoms. The second-order valence-corrected chi connectivity index (χ2v) is 13.0. The molecule has 0 fully saturated rings. The maximum Gasteiger partial charge on any atom is 0.160 e. The molecule has 8 aromatic rings. The summed E-state index contributed by atoms with van der Waals surface area (Å²) in [7, 11) is 0. The molecule has 0 amide bonds. The van der Waals surface area contributed by atoms with E-state index in [1.807, 2.05) is 19.1 Å². The number of benzene rings is 7. The monoisotopic (exact) mass is 667 g/mol. The molecule has 0 aliphatic heterocycles. The van der Waals surface area contributed by atoms with Gasteiger partial charge in [-0.3, -0.25) is 4.99 Å². The molecule has 0 aliphatic rings. The lowest BCUT2D eigenvalue weighted by molar-refractivity contribution is 1.18. The summed E-state index contributed by atoms with van der Waals surface area (Å²) in [5.41, 5.74) is 12.4. The van der Waals surface area contributed by atoms with Gasteiger partial charge in [0, 0.05) is 22.4 Å². The summed E-state index contributed by atoms with van der Waals surface area (Å²) < 4.78 is 0. The maximum atomic E-state index is 5.25. The Morgan fingerprint density at radius 3 is 1.65 bits per heavy atom. The normalized spacial score (nSPS) is 12.0. The van der Waals surface area contributed by atoms with Crippen LogP contribution in [-0.2, 0) is 0 Å². The first-order valence-electron chi connectivity index (χ1n) is 17.6. The fourth-order valence-corrected chi connectivity index (χ4v) is 6.96. The standard InChI is InChI=1S/C49H37N3/c1-4-34(26-33(2)50-3)37-22-15-23-38(27-37)41-29-42(48-44-24-13-11-20-39(44)28-40-21-12-14-25-45(40)48)31-43(30-41)49-51-46(35-16-7-5-8-17-35)32-47(52-49)36-18-9-6-10-19-36/h4-32H,3H2,1-2H3/b33-26-,34-4+. The fraction of sp³-hybridized carbons (Fsp3) is 0.0408. The Morgan fingerprint density at radius 1 is 0.519 bits per heavy atom. The van der Waals surface area contributed by atoms with E-state index in [4.69, 9.17) is 9.97 Å². The Morgan fingerprint density at radius 2 is 1.06 bits per heavy atom. The van der Waals surface area contributed by atoms with Gasteiger partial charge in [0.2, 0.25) is 0 Å². The van der Waals surface area contributed by atoms with Crippen molar-refractivity contribution < 1.29 is 0 Å². The second-order valence-electron chi connectivity index (χ2n) is 13.0. The number of fused-ring (bicyclic) bond motifs is 2. The van der Waals surface area contributed by atoms with Crippen LogP contribution in [0.4, 0.5) is 0 Å². The minimum atomic E-state index is 0.675. The predicted molar refractivity (Wildman–Crippen MR) is 221 cm³/mol. The zero-order valence-electron chi connectivity index (χ0n) is 29.3. The average Bonchev–Trinajstić information content (AvgIpc) is 3.22. The Kier molecular flexibility index (Phi) is 8.91. The molecule has 0 saturated carbocycles. The smallest absolute Gasteiger partial charge is 0.160 e. The summed E-state index contributed by atoms with van der Waals surface area (Å²) in [5.74, 6) is 0.675. The highest BCUT2D eigenvalue weighted by Crippen LogP contribution is 2.41. The molecule has 8 rings (SSSR count). The maximum absolute atomic E-state index is 5.25. The number of allylic oxidation sites excluding steroid dienone is 4. The lowest BCUT2D eigenvalue weighted by Gasteiger charge is -2.16. The van der Waals surface area contributed by atoms with Crippen LogP contribution in [-0.4, -0.2) is 16.7 Å². The molecular weight excluding hydrogens is 631 g/mol. The van der Waals surface area contributed by atoms with Crippen LogP contribution in [0.25, 0.3) is 83.3 Å². The molecule has 1 aromatic heterocycles. The van der Waals surface area contributed by atoms with Crippen LogP contribution in [0, 0.1) is 0 Å². The van der Waals surface area contributed by atoms with Crippen molar-refractivity contribution in [3.8, 4) is 56.2 Å². The van der Waals surface area contributed by atoms with Crippen LogP contribution >= 0.6 is 0 Å². The highest BCUT2D eigenvalue weighted by molar-refractivity contribution is 6.13. The first-order valence-corrected chi connectivity index (χ1v) is 17.6. The number of aromatic nitrogens is 2. The van der Waals surface area contributed by atoms with Crippen LogP contribution in [0.15, 0.2) is 187 Å². The van der Waals surface area contributed by atoms with Crippen molar-refractivity contribution in [2.75, 3.05) is 0 Å². The van der Waals surface area contributed by atoms with E-state index < -0.39 is 0 Å². The summed E-state index contributed by atoms with van der Waals surface area (Å²) >= 11 is 0. The van der Waals surface area contributed by atoms with Crippen LogP contribution in [0.1, 0.15) is 19.4 Å². The lowest BCUT2D eigenvalue weighted by atomic mass is 9.88. The lowest BCUT2D eigenvalue weighted by Crippen LogP contribution is -1.97. The van der Waals surface area contributed by atoms with Crippen LogP contribution in [0.2, 0.25) is 0 Å². The minimum Gasteiger partial charge on any atom is -0.269 e. The van der Waals surface area contributed by atoms with Gasteiger partial charge >= 0.3 is 0 Å². The van der Waals surface area contributed by atoms with Gasteiger partial charge in [-0.2, -0.15) is 0 Å². The Balaban J connectivity index is 1.42. The number of rotatable bonds is 8. The van der Waals surface area contributed by atoms with Gasteiger partial charge in [0.15, 0.2) is 5.82 Å². The van der Waals surface area contributed by atoms with Gasteiger partial charge in [0.05, 0.1) is 11.4 Å². The van der Waals surface area contributed by atoms with Gasteiger partial charge in [0.1, 0.15) is 0 Å². The van der Waals surface area contributed by atoms with Crippen molar-refractivity contribution in [2.45, 2.75) is 13.8 Å². The van der Waals surface area contributed by atoms with Crippen LogP contribution < -0.4 is 0 Å². The zero-order valence-corrected chi connectivity index (χ0v) is 29.3. The van der Waals surface area contributed by atoms with Crippen LogP contribution in [0.5, 0.6) is 0 Å². The van der Waals surface area contributed by atoms with E-state index in [1.165, 1.54) is 27.1 Å². The molecule has 0 unspecified atom stereocenters. The van der Waals surface area contributed by atoms with E-state index in [1.54, 1.807) is 0 Å². The summed E-state index contributed by atoms with van der Waals surface area (Å²) in [6, 6.07) is 57.9. The van der Waals surface area contributed by atoms with Crippen molar-refractivity contribution in [3.63, 3.8) is 0 Å². The van der Waals surface area contributed by atoms with E-state index in [9.17, 15) is 0 Å². The van der Waals surface area contributed by atoms with E-state index in [2.05, 4.69) is 182 Å². The highest BCUT2D eigenvalue weighted by Gasteiger charge is 2.17. The van der Waals surface area contributed by atoms with Gasteiger partial charge in [-0.25, -0.2) is 9.97 Å². The number of hydrogen-bond donors (Lipinski definition) is 0. The van der Waals surface area contributed by atoms with Crippen molar-refractivity contribution >= 4 is 33.8 Å². The van der Waals surface area contributed by atoms with Gasteiger partial charge in [0.25, 0.3) is 0 Å². The number of aliphatic imine (C=N–C) groups is 1. The molecule has 0 N–H and O–H groups in total. The van der Waals surface area contributed by atoms with Crippen LogP contribution in [0.3, 0.4) is 0 Å². The third-order valence-corrected chi connectivity index (χ3v) is 9.57. The average molecular weight is 668 g/mol. The quantitative estimate of drug-likeness (QED) is 0.0919. The summed E-state index contributed by atoms with van der Waals surface area (Å²) in [4.78, 5) is 14.6. The highest BCUT2D eigenvalue weighted by atomic mass is 14.9. The summed E-state index contributed by atoms with van der Waals surface area (Å²) in [5, 5.41) is 4.82. The molecule has 0 saturated heterocycles. The number of nitrogens with zero attached hydrogens (tertiary/aromatic N) is 3. The summed E-state index contributed by atoms with van der Waals surface area (Å²) in [6.07, 6.45) is 4.19. The summed E-state index contributed by atoms with van der Waals surface area (Å²) in [6.45, 7) is 7.75. The molecule has 3 nitrogen and oxygen atoms in total. The topological polar surface area (TPSA) is 38.1 Å². The molecule has 52 heavy (non-hydrogen) atoms. The first kappa shape index (κ1) is 32.5. The Labute approximate surface area is 305 Å². The molecule has 0 spiro atoms. The Hall–Kier alpha value is -6.71. The van der Waals surface area contributed by atoms with E-state index in [0.717, 1.165) is 61.6 Å². The Bertz CT molecular complexity index is 2540. The van der Waals surface area contributed by atoms with E-state index >= 15 is 0 Å². The van der Waals surface area contributed by atoms with Gasteiger partial charge in [-0.1, -0.05) is 133 Å². The largest absolute Gasteiger partial charge is 0.269 e. The van der Waals surface area contributed by atoms with Crippen molar-refractivity contribution in [1.29, 1.82) is 0 Å². The SMILES string of the molecule is C=N/C(C)=C\C(=C/C)c1cccc(-c2cc(-c3nc(-c4ccccc4)cc(-c4ccccc4)n3)cc(-c3c4ccccc4cc4ccccc34)c2)c1. The molecule has 0 radical (unpaired) electrons. The third kappa shape index (κ3) is 6.48. The molecule has 7 aromatic carbocycles. The fourth-order valence-electron chi connectivity index (χ4n) is 6.96. The third-order valence-electron chi connectivity index (χ3n) is 9.57. The van der Waals surface area contributed by atoms with Gasteiger partial charge in [-0.05, 0) is 118 Å². The number of hydrogen-bond acceptors (Lipinski definition) is 3. The molecule has 1 heterocycles. The molecule has 248 valence electrons. The first-order chi connectivity index (χ1) is 25.6. The van der Waals surface area contributed by atoms with Gasteiger partial charge < -0.3 is 0 Å². The minimum absolute atomic E-state index is 0.675. The van der Waals surface area contributed by atoms with E-state index in [-0.39, 0.29) is 0 Å². The molecular formula is C49H37N3. The molecule has 0 atom stereocenters. The second kappa shape index (κ2) is 14.3. The molecule has 0 aliphatic carbocycles. The van der Waals surface area contributed by atoms with Crippen molar-refractivity contribution in [1.82, 2.24) is 9.97 Å². The van der Waals surface area contributed by atoms with Crippen molar-refractivity contribution in [2.24, 2.45) is 4.99 Å². The zero-order chi connectivity index (χ0) is 35.4. The molecule has 0 bridgehead atoms. The predicted octanol–water partition coefficient (Wildman–Crippen LogP) is 13.1.